The van der Waals surface area contributed by atoms with Crippen molar-refractivity contribution in [2.45, 2.75) is 32.4 Å². The van der Waals surface area contributed by atoms with Crippen molar-refractivity contribution < 1.29 is 51.0 Å². The molecule has 0 spiro atoms. The van der Waals surface area contributed by atoms with Crippen LogP contribution in [0, 0.1) is 0 Å². The van der Waals surface area contributed by atoms with E-state index >= 15 is 0 Å². The predicted octanol–water partition coefficient (Wildman–Crippen LogP) is 4.78. The zero-order valence-corrected chi connectivity index (χ0v) is 29.1. The van der Waals surface area contributed by atoms with Crippen molar-refractivity contribution in [2.24, 2.45) is 0 Å². The summed E-state index contributed by atoms with van der Waals surface area (Å²) >= 11 is 0. The summed E-state index contributed by atoms with van der Waals surface area (Å²) in [5.41, 5.74) is 10.8. The molecule has 0 N–H and O–H groups in total. The van der Waals surface area contributed by atoms with Crippen molar-refractivity contribution in [3.8, 4) is 22.3 Å². The van der Waals surface area contributed by atoms with E-state index in [2.05, 4.69) is 147 Å². The molecule has 3 radical (unpaired) electrons. The second-order valence-corrected chi connectivity index (χ2v) is 11.3. The maximum absolute atomic E-state index is 2.46. The van der Waals surface area contributed by atoms with Gasteiger partial charge >= 0.3 is 26.2 Å². The van der Waals surface area contributed by atoms with Crippen LogP contribution in [0.15, 0.2) is 127 Å². The van der Waals surface area contributed by atoms with Gasteiger partial charge in [-0.15, -0.1) is 33.7 Å². The van der Waals surface area contributed by atoms with Crippen LogP contribution in [0.1, 0.15) is 36.0 Å². The van der Waals surface area contributed by atoms with Crippen molar-refractivity contribution in [2.75, 3.05) is 0 Å². The van der Waals surface area contributed by atoms with Gasteiger partial charge in [-0.25, -0.2) is 0 Å². The van der Waals surface area contributed by atoms with E-state index in [4.69, 9.17) is 0 Å². The molecule has 0 amide bonds. The van der Waals surface area contributed by atoms with E-state index in [1.54, 1.807) is 0 Å². The monoisotopic (exact) mass is 677 g/mol. The average molecular weight is 680 g/mol. The van der Waals surface area contributed by atoms with Gasteiger partial charge in [0.25, 0.3) is 0 Å². The number of allylic oxidation sites excluding steroid dienone is 1. The summed E-state index contributed by atoms with van der Waals surface area (Å²) in [6.45, 7) is 6.60. The Morgan fingerprint density at radius 2 is 1.19 bits per heavy atom. The Hall–Kier alpha value is -2.61. The Kier molecular flexibility index (Phi) is 12.3. The first-order valence-corrected chi connectivity index (χ1v) is 15.9. The van der Waals surface area contributed by atoms with Gasteiger partial charge in [0.05, 0.1) is 0 Å². The molecule has 0 saturated carbocycles. The number of hydrogen-bond acceptors (Lipinski definition) is 0. The molecule has 7 rings (SSSR count). The molecule has 6 aromatic rings. The second kappa shape index (κ2) is 15.2. The predicted molar refractivity (Wildman–Crippen MR) is 172 cm³/mol. The summed E-state index contributed by atoms with van der Waals surface area (Å²) in [5, 5.41) is 5.42. The van der Waals surface area contributed by atoms with Crippen LogP contribution in [-0.4, -0.2) is 9.52 Å². The van der Waals surface area contributed by atoms with Crippen molar-refractivity contribution in [3.63, 3.8) is 0 Å². The summed E-state index contributed by atoms with van der Waals surface area (Å²) in [5.74, 6) is 0.300. The normalized spacial score (nSPS) is 13.1. The van der Waals surface area contributed by atoms with Crippen LogP contribution >= 0.6 is 0 Å². The van der Waals surface area contributed by atoms with E-state index in [0.717, 1.165) is 15.9 Å². The van der Waals surface area contributed by atoms with E-state index in [0.29, 0.717) is 5.92 Å². The molecule has 1 aliphatic carbocycles. The van der Waals surface area contributed by atoms with Crippen molar-refractivity contribution in [1.82, 2.24) is 0 Å². The molecule has 1 unspecified atom stereocenters. The van der Waals surface area contributed by atoms with Gasteiger partial charge in [-0.05, 0) is 39.8 Å². The molecule has 0 heterocycles. The molecule has 0 aliphatic heterocycles. The molecule has 207 valence electrons. The van der Waals surface area contributed by atoms with Crippen molar-refractivity contribution in [3.05, 3.63) is 144 Å². The van der Waals surface area contributed by atoms with E-state index in [1.165, 1.54) is 66.1 Å². The summed E-state index contributed by atoms with van der Waals surface area (Å²) in [4.78, 5) is 0. The van der Waals surface area contributed by atoms with Crippen molar-refractivity contribution >= 4 is 37.1 Å². The summed E-state index contributed by atoms with van der Waals surface area (Å²) < 4.78 is 0. The van der Waals surface area contributed by atoms with Crippen LogP contribution in [0.3, 0.4) is 0 Å². The van der Waals surface area contributed by atoms with Crippen LogP contribution in [-0.2, 0) is 26.2 Å². The third-order valence-corrected chi connectivity index (χ3v) is 7.86. The van der Waals surface area contributed by atoms with Crippen LogP contribution in [0.2, 0.25) is 13.1 Å². The van der Waals surface area contributed by atoms with Crippen LogP contribution in [0.5, 0.6) is 0 Å². The van der Waals surface area contributed by atoms with Gasteiger partial charge in [0.2, 0.25) is 0 Å². The molecular weight excluding hydrogens is 647 g/mol. The molecule has 42 heavy (non-hydrogen) atoms. The topological polar surface area (TPSA) is 0 Å². The second-order valence-electron chi connectivity index (χ2n) is 10.3. The average Bonchev–Trinajstić information content (AvgIpc) is 3.56. The minimum atomic E-state index is 0. The Morgan fingerprint density at radius 3 is 1.90 bits per heavy atom. The fraction of sp³-hybridized carbons (Fsp3) is 0.132. The first kappa shape index (κ1) is 33.9. The summed E-state index contributed by atoms with van der Waals surface area (Å²) in [6, 6.07) is 44.5. The number of fused-ring (bicyclic) bond motifs is 4. The standard InChI is InChI=1S/C36H27.C2H6Si.2ClH.Zr/c1-2-24-22-34-29(27-20-18-26(19-21-27)25-10-4-3-5-11-25)14-8-16-32(34)36(24)33-17-9-15-31-30-13-7-6-12-28(30)23-35(31)33;1-3-2;;;/h3-23,36H,2H2,1H3;1-2H3;2*1H;/q-1;;;;+3/p-2. The van der Waals surface area contributed by atoms with Gasteiger partial charge < -0.3 is 24.8 Å². The smallest absolute Gasteiger partial charge is 1.00 e. The SMILES string of the molecule is CCC1=Cc2c(-c3ccc(-c4ccccc4)cc3)cccc2C1c1cccc2c1[cH-]c1ccccc12.C[Si]C.[Cl-].[Cl-].[Zr+3]. The van der Waals surface area contributed by atoms with Gasteiger partial charge in [0.1, 0.15) is 0 Å². The van der Waals surface area contributed by atoms with E-state index in [-0.39, 0.29) is 51.0 Å². The maximum Gasteiger partial charge on any atom is 3.00 e. The third kappa shape index (κ3) is 6.34. The minimum absolute atomic E-state index is 0. The minimum Gasteiger partial charge on any atom is -1.00 e. The maximum atomic E-state index is 2.46. The molecule has 1 atom stereocenters. The molecule has 0 nitrogen and oxygen atoms in total. The molecule has 0 fully saturated rings. The third-order valence-electron chi connectivity index (χ3n) is 7.86. The number of hydrogen-bond donors (Lipinski definition) is 0. The molecule has 4 heteroatoms. The largest absolute Gasteiger partial charge is 3.00 e. The first-order chi connectivity index (χ1) is 19.2. The molecule has 0 bridgehead atoms. The number of rotatable bonds is 4. The van der Waals surface area contributed by atoms with Gasteiger partial charge in [0, 0.05) is 15.4 Å². The molecule has 0 aromatic heterocycles. The first-order valence-electron chi connectivity index (χ1n) is 13.9. The van der Waals surface area contributed by atoms with Crippen LogP contribution in [0.25, 0.3) is 49.9 Å². The number of benzene rings is 5. The Balaban J connectivity index is 0.000000776. The summed E-state index contributed by atoms with van der Waals surface area (Å²) in [6.07, 6.45) is 3.50. The van der Waals surface area contributed by atoms with Crippen LogP contribution < -0.4 is 24.8 Å². The molecule has 6 aromatic carbocycles. The van der Waals surface area contributed by atoms with E-state index in [1.807, 2.05) is 0 Å². The van der Waals surface area contributed by atoms with Crippen molar-refractivity contribution in [1.29, 1.82) is 0 Å². The Morgan fingerprint density at radius 1 is 0.619 bits per heavy atom. The fourth-order valence-corrected chi connectivity index (χ4v) is 6.12. The number of halogens is 2. The van der Waals surface area contributed by atoms with Crippen LogP contribution in [0.4, 0.5) is 0 Å². The Bertz CT molecular complexity index is 1790. The van der Waals surface area contributed by atoms with E-state index < -0.39 is 0 Å². The molecule has 0 saturated heterocycles. The van der Waals surface area contributed by atoms with Gasteiger partial charge in [-0.3, -0.25) is 0 Å². The fourth-order valence-electron chi connectivity index (χ4n) is 6.12. The zero-order valence-electron chi connectivity index (χ0n) is 24.2. The zero-order chi connectivity index (χ0) is 26.8. The quantitative estimate of drug-likeness (QED) is 0.186. The van der Waals surface area contributed by atoms with E-state index in [9.17, 15) is 0 Å². The molecular formula is C38H33Cl2SiZr. The van der Waals surface area contributed by atoms with Gasteiger partial charge in [-0.2, -0.15) is 0 Å². The van der Waals surface area contributed by atoms with Gasteiger partial charge in [0.15, 0.2) is 0 Å². The molecule has 1 aliphatic rings. The van der Waals surface area contributed by atoms with Gasteiger partial charge in [-0.1, -0.05) is 146 Å². The Labute approximate surface area is 284 Å². The summed E-state index contributed by atoms with van der Waals surface area (Å²) in [7, 11) is 1.08.